The number of anilines is 1. The van der Waals surface area contributed by atoms with Crippen molar-refractivity contribution in [1.82, 2.24) is 4.98 Å². The van der Waals surface area contributed by atoms with Crippen molar-refractivity contribution in [1.29, 1.82) is 0 Å². The number of nitro benzene ring substituents is 1. The molecule has 1 aromatic heterocycles. The zero-order valence-corrected chi connectivity index (χ0v) is 19.6. The number of nitro groups is 1. The Morgan fingerprint density at radius 2 is 1.83 bits per heavy atom. The molecule has 0 saturated heterocycles. The summed E-state index contributed by atoms with van der Waals surface area (Å²) >= 11 is 1.49. The molecule has 35 heavy (non-hydrogen) atoms. The van der Waals surface area contributed by atoms with Crippen molar-refractivity contribution in [2.24, 2.45) is 0 Å². The number of aliphatic carboxylic acids is 1. The Kier molecular flexibility index (Phi) is 7.24. The van der Waals surface area contributed by atoms with Crippen LogP contribution in [0.15, 0.2) is 66.7 Å². The van der Waals surface area contributed by atoms with Crippen LogP contribution in [-0.4, -0.2) is 34.6 Å². The highest BCUT2D eigenvalue weighted by molar-refractivity contribution is 7.22. The van der Waals surface area contributed by atoms with E-state index >= 15 is 0 Å². The minimum absolute atomic E-state index is 0.0113. The van der Waals surface area contributed by atoms with Gasteiger partial charge >= 0.3 is 5.97 Å². The number of non-ortho nitro benzene ring substituents is 1. The number of carboxylic acids is 1. The molecule has 0 aliphatic rings. The van der Waals surface area contributed by atoms with Crippen LogP contribution < -0.4 is 9.64 Å². The maximum atomic E-state index is 11.2. The second-order valence-corrected chi connectivity index (χ2v) is 8.69. The molecule has 0 aliphatic carbocycles. The highest BCUT2D eigenvalue weighted by Gasteiger charge is 2.16. The molecule has 0 bridgehead atoms. The van der Waals surface area contributed by atoms with Gasteiger partial charge in [0.05, 0.1) is 22.2 Å². The lowest BCUT2D eigenvalue weighted by molar-refractivity contribution is -0.384. The van der Waals surface area contributed by atoms with Gasteiger partial charge in [0.15, 0.2) is 5.13 Å². The van der Waals surface area contributed by atoms with E-state index in [-0.39, 0.29) is 5.69 Å². The number of benzene rings is 3. The van der Waals surface area contributed by atoms with Crippen molar-refractivity contribution < 1.29 is 19.6 Å². The lowest BCUT2D eigenvalue weighted by Crippen LogP contribution is -2.25. The first kappa shape index (κ1) is 23.7. The summed E-state index contributed by atoms with van der Waals surface area (Å²) in [5.41, 5.74) is 3.37. The van der Waals surface area contributed by atoms with Gasteiger partial charge in [-0.25, -0.2) is 9.78 Å². The summed E-state index contributed by atoms with van der Waals surface area (Å²) in [6, 6.07) is 20.0. The van der Waals surface area contributed by atoms with Gasteiger partial charge in [0.25, 0.3) is 5.69 Å². The summed E-state index contributed by atoms with van der Waals surface area (Å²) in [7, 11) is 1.63. The highest BCUT2D eigenvalue weighted by atomic mass is 32.1. The van der Waals surface area contributed by atoms with Crippen LogP contribution in [0.2, 0.25) is 0 Å². The van der Waals surface area contributed by atoms with Crippen molar-refractivity contribution in [3.05, 3.63) is 93.5 Å². The van der Waals surface area contributed by atoms with Crippen LogP contribution in [0.5, 0.6) is 5.75 Å². The zero-order valence-electron chi connectivity index (χ0n) is 18.8. The minimum atomic E-state index is -1.17. The molecular weight excluding hydrogens is 466 g/mol. The van der Waals surface area contributed by atoms with E-state index in [9.17, 15) is 14.9 Å². The smallest absolute Gasteiger partial charge is 0.382 e. The predicted molar refractivity (Wildman–Crippen MR) is 135 cm³/mol. The summed E-state index contributed by atoms with van der Waals surface area (Å²) in [5.74, 6) is 4.34. The van der Waals surface area contributed by atoms with Gasteiger partial charge in [0.2, 0.25) is 0 Å². The summed E-state index contributed by atoms with van der Waals surface area (Å²) < 4.78 is 6.11. The van der Waals surface area contributed by atoms with Crippen molar-refractivity contribution in [3.63, 3.8) is 0 Å². The van der Waals surface area contributed by atoms with Gasteiger partial charge in [-0.3, -0.25) is 10.1 Å². The van der Waals surface area contributed by atoms with Gasteiger partial charge in [-0.2, -0.15) is 0 Å². The Morgan fingerprint density at radius 3 is 2.49 bits per heavy atom. The normalized spacial score (nSPS) is 10.4. The summed E-state index contributed by atoms with van der Waals surface area (Å²) in [5, 5.41) is 20.7. The van der Waals surface area contributed by atoms with Crippen molar-refractivity contribution in [2.45, 2.75) is 13.0 Å². The standard InChI is InChI=1S/C26H21N3O5S/c1-34-22-10-6-19(7-11-22)14-15-28(17-20-4-2-18(3-5-20)8-13-25(30)31)26-27-23-16-21(29(32)33)9-12-24(23)35-26/h2-7,9-12,16H,14-15,17H2,1H3,(H,30,31). The predicted octanol–water partition coefficient (Wildman–Crippen LogP) is 4.90. The van der Waals surface area contributed by atoms with Gasteiger partial charge in [-0.05, 0) is 47.9 Å². The van der Waals surface area contributed by atoms with Crippen LogP contribution >= 0.6 is 11.3 Å². The number of carbonyl (C=O) groups is 1. The number of aromatic nitrogens is 1. The largest absolute Gasteiger partial charge is 0.497 e. The number of thiazole rings is 1. The molecule has 4 rings (SSSR count). The van der Waals surface area contributed by atoms with E-state index < -0.39 is 10.9 Å². The highest BCUT2D eigenvalue weighted by Crippen LogP contribution is 2.32. The number of carboxylic acid groups (broad SMARTS) is 1. The lowest BCUT2D eigenvalue weighted by atomic mass is 10.1. The maximum Gasteiger partial charge on any atom is 0.382 e. The molecule has 0 amide bonds. The van der Waals surface area contributed by atoms with E-state index in [0.717, 1.165) is 33.1 Å². The molecule has 0 radical (unpaired) electrons. The molecule has 0 spiro atoms. The molecule has 0 fully saturated rings. The van der Waals surface area contributed by atoms with Crippen LogP contribution in [0, 0.1) is 22.0 Å². The Hall–Kier alpha value is -4.42. The summed E-state index contributed by atoms with van der Waals surface area (Å²) in [6.07, 6.45) is 0.766. The van der Waals surface area contributed by atoms with Crippen LogP contribution in [-0.2, 0) is 17.8 Å². The molecule has 176 valence electrons. The first-order chi connectivity index (χ1) is 16.9. The van der Waals surface area contributed by atoms with Crippen LogP contribution in [0.4, 0.5) is 10.8 Å². The van der Waals surface area contributed by atoms with E-state index in [1.54, 1.807) is 25.3 Å². The second-order valence-electron chi connectivity index (χ2n) is 7.68. The quantitative estimate of drug-likeness (QED) is 0.214. The molecule has 4 aromatic rings. The Balaban J connectivity index is 1.59. The fourth-order valence-corrected chi connectivity index (χ4v) is 4.46. The monoisotopic (exact) mass is 487 g/mol. The number of fused-ring (bicyclic) bond motifs is 1. The van der Waals surface area contributed by atoms with Crippen molar-refractivity contribution in [2.75, 3.05) is 18.6 Å². The first-order valence-electron chi connectivity index (χ1n) is 10.7. The van der Waals surface area contributed by atoms with Crippen molar-refractivity contribution >= 4 is 38.3 Å². The van der Waals surface area contributed by atoms with Crippen LogP contribution in [0.25, 0.3) is 10.2 Å². The molecule has 0 unspecified atom stereocenters. The average molecular weight is 488 g/mol. The van der Waals surface area contributed by atoms with Crippen LogP contribution in [0.3, 0.4) is 0 Å². The molecule has 3 aromatic carbocycles. The third-order valence-corrected chi connectivity index (χ3v) is 6.41. The molecule has 8 nitrogen and oxygen atoms in total. The molecule has 1 N–H and O–H groups in total. The fourth-order valence-electron chi connectivity index (χ4n) is 3.49. The molecule has 0 atom stereocenters. The Labute approximate surface area is 205 Å². The van der Waals surface area contributed by atoms with Gasteiger partial charge < -0.3 is 14.7 Å². The van der Waals surface area contributed by atoms with Gasteiger partial charge in [0, 0.05) is 36.7 Å². The fraction of sp³-hybridized carbons (Fsp3) is 0.154. The van der Waals surface area contributed by atoms with Gasteiger partial charge in [0.1, 0.15) is 5.75 Å². The van der Waals surface area contributed by atoms with Gasteiger partial charge in [-0.15, -0.1) is 0 Å². The Morgan fingerprint density at radius 1 is 1.11 bits per heavy atom. The molecule has 1 heterocycles. The van der Waals surface area contributed by atoms with Crippen molar-refractivity contribution in [3.8, 4) is 17.6 Å². The van der Waals surface area contributed by atoms with E-state index in [2.05, 4.69) is 16.7 Å². The number of hydrogen-bond donors (Lipinski definition) is 1. The van der Waals surface area contributed by atoms with E-state index in [1.165, 1.54) is 23.5 Å². The SMILES string of the molecule is COc1ccc(CCN(Cc2ccc(C#CC(=O)O)cc2)c2nc3cc([N+](=O)[O-])ccc3s2)cc1. The summed E-state index contributed by atoms with van der Waals surface area (Å²) in [6.45, 7) is 1.24. The maximum absolute atomic E-state index is 11.2. The summed E-state index contributed by atoms with van der Waals surface area (Å²) in [4.78, 5) is 28.2. The van der Waals surface area contributed by atoms with E-state index in [0.29, 0.717) is 24.2 Å². The number of nitrogens with zero attached hydrogens (tertiary/aromatic N) is 3. The third-order valence-electron chi connectivity index (χ3n) is 5.31. The molecule has 0 saturated carbocycles. The third kappa shape index (κ3) is 6.13. The number of methoxy groups -OCH3 is 1. The topological polar surface area (TPSA) is 106 Å². The van der Waals surface area contributed by atoms with E-state index in [1.807, 2.05) is 36.4 Å². The number of rotatable bonds is 8. The Bertz CT molecular complexity index is 1420. The molecular formula is C26H21N3O5S. The second kappa shape index (κ2) is 10.7. The van der Waals surface area contributed by atoms with Gasteiger partial charge in [-0.1, -0.05) is 41.5 Å². The average Bonchev–Trinajstić information content (AvgIpc) is 3.29. The van der Waals surface area contributed by atoms with E-state index in [4.69, 9.17) is 14.8 Å². The molecule has 0 aliphatic heterocycles. The minimum Gasteiger partial charge on any atom is -0.497 e. The zero-order chi connectivity index (χ0) is 24.8. The first-order valence-corrected chi connectivity index (χ1v) is 11.5. The number of ether oxygens (including phenoxy) is 1. The lowest BCUT2D eigenvalue weighted by Gasteiger charge is -2.22. The molecule has 9 heteroatoms. The number of hydrogen-bond acceptors (Lipinski definition) is 7. The van der Waals surface area contributed by atoms with Crippen LogP contribution in [0.1, 0.15) is 16.7 Å².